The van der Waals surface area contributed by atoms with Gasteiger partial charge in [-0.15, -0.1) is 22.7 Å². The molecule has 0 bridgehead atoms. The molecule has 0 aliphatic heterocycles. The van der Waals surface area contributed by atoms with E-state index in [9.17, 15) is 0 Å². The van der Waals surface area contributed by atoms with Gasteiger partial charge in [0.25, 0.3) is 0 Å². The number of aromatic nitrogens is 1. The Labute approximate surface area is 432 Å². The molecule has 69 heavy (non-hydrogen) atoms. The molecule has 4 aromatic carbocycles. The lowest BCUT2D eigenvalue weighted by atomic mass is 10.1. The third-order valence-electron chi connectivity index (χ3n) is 9.93. The van der Waals surface area contributed by atoms with E-state index in [2.05, 4.69) is 234 Å². The Morgan fingerprint density at radius 1 is 0.304 bits per heavy atom. The Kier molecular flexibility index (Phi) is 30.9. The third kappa shape index (κ3) is 32.0. The predicted molar refractivity (Wildman–Crippen MR) is 312 cm³/mol. The Morgan fingerprint density at radius 2 is 0.696 bits per heavy atom. The van der Waals surface area contributed by atoms with Gasteiger partial charge in [0.15, 0.2) is 0 Å². The molecule has 0 unspecified atom stereocenters. The zero-order valence-electron chi connectivity index (χ0n) is 45.6. The first-order chi connectivity index (χ1) is 32.5. The molecule has 9 rings (SSSR count). The van der Waals surface area contributed by atoms with Crippen LogP contribution in [0.3, 0.4) is 0 Å². The first-order valence-electron chi connectivity index (χ1n) is 23.6. The summed E-state index contributed by atoms with van der Waals surface area (Å²) in [7, 11) is 0. The van der Waals surface area contributed by atoms with Crippen LogP contribution in [-0.4, -0.2) is 4.98 Å². The highest BCUT2D eigenvalue weighted by atomic mass is 32.1. The summed E-state index contributed by atoms with van der Waals surface area (Å²) in [4.78, 5) is 8.38. The van der Waals surface area contributed by atoms with E-state index >= 15 is 0 Å². The molecule has 0 aliphatic carbocycles. The summed E-state index contributed by atoms with van der Waals surface area (Å²) in [6.07, 6.45) is 0. The minimum absolute atomic E-state index is 0.984. The molecule has 0 fully saturated rings. The second-order valence-electron chi connectivity index (χ2n) is 17.8. The molecule has 368 valence electrons. The molecule has 0 N–H and O–H groups in total. The van der Waals surface area contributed by atoms with Gasteiger partial charge in [0, 0.05) is 26.0 Å². The topological polar surface area (TPSA) is 26.0 Å². The number of nitrogens with zero attached hydrogens (tertiary/aromatic N) is 1. The Morgan fingerprint density at radius 3 is 0.899 bits per heavy atom. The van der Waals surface area contributed by atoms with Crippen molar-refractivity contribution < 1.29 is 4.42 Å². The molecule has 0 atom stereocenters. The fourth-order valence-electron chi connectivity index (χ4n) is 6.10. The van der Waals surface area contributed by atoms with Crippen molar-refractivity contribution in [2.75, 3.05) is 0 Å². The summed E-state index contributed by atoms with van der Waals surface area (Å²) in [5, 5.41) is 6.49. The van der Waals surface area contributed by atoms with E-state index < -0.39 is 0 Å². The van der Waals surface area contributed by atoms with Crippen LogP contribution < -0.4 is 0 Å². The number of rotatable bonds is 0. The van der Waals surface area contributed by atoms with Crippen LogP contribution in [0.2, 0.25) is 0 Å². The summed E-state index contributed by atoms with van der Waals surface area (Å²) in [6.45, 7) is 39.6. The molecule has 0 radical (unpaired) electrons. The first kappa shape index (κ1) is 61.4. The van der Waals surface area contributed by atoms with E-state index in [-0.39, 0.29) is 0 Å². The molecule has 0 saturated heterocycles. The maximum Gasteiger partial charge on any atom is 0.101 e. The van der Waals surface area contributed by atoms with E-state index in [1.54, 1.807) is 22.7 Å². The summed E-state index contributed by atoms with van der Waals surface area (Å²) < 4.78 is 5.08. The lowest BCUT2D eigenvalue weighted by Crippen LogP contribution is -1.81. The van der Waals surface area contributed by atoms with E-state index in [4.69, 9.17) is 4.42 Å². The van der Waals surface area contributed by atoms with Crippen LogP contribution in [0.25, 0.3) is 0 Å². The Hall–Kier alpha value is -5.59. The van der Waals surface area contributed by atoms with Gasteiger partial charge in [-0.3, -0.25) is 4.98 Å². The smallest absolute Gasteiger partial charge is 0.101 e. The first-order valence-corrected chi connectivity index (χ1v) is 26.3. The second-order valence-corrected chi connectivity index (χ2v) is 21.1. The highest BCUT2D eigenvalue weighted by Gasteiger charge is 1.90. The third-order valence-corrected chi connectivity index (χ3v) is 12.8. The summed E-state index contributed by atoms with van der Waals surface area (Å²) in [5.74, 6) is 1.97. The van der Waals surface area contributed by atoms with Crippen molar-refractivity contribution in [3.05, 3.63) is 260 Å². The number of hydrogen-bond donors (Lipinski definition) is 0. The zero-order valence-corrected chi connectivity index (χ0v) is 48.0. The standard InChI is InChI=1S/C9H12.3C8H10.C7H9N.C6H8O.3C6H8S/c1-7-4-8(2)6-9(3)5-7;1-7-3-5-8(2)6-4-7;1-7-4-3-5-8(2)6-7;1-7-5-3-4-6-8(7)2;1-6-4-3-5-7(2)8-6;1-5-3-4-6(2)7-5;1-5-3-7-4-6(5)2;1-5-3-6(2)7-4-5;1-5-3-4-6(2)7-5/h4-6H,1-3H3;3*3-6H,1-2H3;3-5H,1-2H3;4*3-4H,1-2H3. The van der Waals surface area contributed by atoms with Crippen molar-refractivity contribution in [1.82, 2.24) is 4.98 Å². The molecule has 9 aromatic rings. The van der Waals surface area contributed by atoms with Gasteiger partial charge in [-0.1, -0.05) is 136 Å². The van der Waals surface area contributed by atoms with Gasteiger partial charge in [-0.2, -0.15) is 11.3 Å². The number of hydrogen-bond acceptors (Lipinski definition) is 5. The molecule has 0 amide bonds. The van der Waals surface area contributed by atoms with Gasteiger partial charge >= 0.3 is 0 Å². The predicted octanol–water partition coefficient (Wildman–Crippen LogP) is 20.2. The number of pyridine rings is 1. The summed E-state index contributed by atoms with van der Waals surface area (Å²) >= 11 is 5.41. The normalized spacial score (nSPS) is 9.38. The highest BCUT2D eigenvalue weighted by molar-refractivity contribution is 7.11. The van der Waals surface area contributed by atoms with Crippen molar-refractivity contribution in [2.45, 2.75) is 132 Å². The average molecular weight is 979 g/mol. The minimum atomic E-state index is 0.984. The summed E-state index contributed by atoms with van der Waals surface area (Å²) in [6, 6.07) is 48.2. The molecular weight excluding hydrogens is 895 g/mol. The minimum Gasteiger partial charge on any atom is -0.467 e. The highest BCUT2D eigenvalue weighted by Crippen LogP contribution is 2.13. The Bertz CT molecular complexity index is 2390. The number of aryl methyl sites for hydroxylation is 19. The summed E-state index contributed by atoms with van der Waals surface area (Å²) in [5.41, 5.74) is 18.5. The Balaban J connectivity index is 0.000000389. The second kappa shape index (κ2) is 34.7. The number of furan rings is 1. The quantitative estimate of drug-likeness (QED) is 0.151. The van der Waals surface area contributed by atoms with Gasteiger partial charge in [-0.25, -0.2) is 0 Å². The van der Waals surface area contributed by atoms with E-state index in [1.165, 1.54) is 81.4 Å². The number of thiophene rings is 3. The SMILES string of the molecule is Cc1cc(C)cc(C)c1.Cc1ccc(C)cc1.Cc1ccc(C)o1.Cc1ccc(C)s1.Cc1cccc(C)c1.Cc1cccc(C)n1.Cc1ccccc1C.Cc1csc(C)c1.Cc1cscc1C. The van der Waals surface area contributed by atoms with Gasteiger partial charge < -0.3 is 4.42 Å². The van der Waals surface area contributed by atoms with Crippen molar-refractivity contribution in [3.8, 4) is 0 Å². The van der Waals surface area contributed by atoms with Crippen LogP contribution >= 0.6 is 34.0 Å². The molecule has 5 heteroatoms. The van der Waals surface area contributed by atoms with Gasteiger partial charge in [-0.05, 0) is 218 Å². The van der Waals surface area contributed by atoms with Crippen LogP contribution in [0.15, 0.2) is 160 Å². The molecular formula is C64H83NOS3. The van der Waals surface area contributed by atoms with Crippen molar-refractivity contribution in [1.29, 1.82) is 0 Å². The van der Waals surface area contributed by atoms with Gasteiger partial charge in [0.2, 0.25) is 0 Å². The van der Waals surface area contributed by atoms with Gasteiger partial charge in [0.05, 0.1) is 0 Å². The number of benzene rings is 4. The van der Waals surface area contributed by atoms with Crippen molar-refractivity contribution in [3.63, 3.8) is 0 Å². The van der Waals surface area contributed by atoms with E-state index in [1.807, 2.05) is 69.4 Å². The lowest BCUT2D eigenvalue weighted by Gasteiger charge is -1.96. The molecule has 0 saturated carbocycles. The van der Waals surface area contributed by atoms with Gasteiger partial charge in [0.1, 0.15) is 11.5 Å². The average Bonchev–Trinajstić information content (AvgIpc) is 4.07. The molecule has 0 aliphatic rings. The fourth-order valence-corrected chi connectivity index (χ4v) is 8.42. The fraction of sp³-hybridized carbons (Fsp3) is 0.297. The van der Waals surface area contributed by atoms with E-state index in [0.717, 1.165) is 22.9 Å². The van der Waals surface area contributed by atoms with Crippen LogP contribution in [0.5, 0.6) is 0 Å². The maximum atomic E-state index is 5.08. The van der Waals surface area contributed by atoms with Crippen molar-refractivity contribution in [2.24, 2.45) is 0 Å². The van der Waals surface area contributed by atoms with Crippen LogP contribution in [0.1, 0.15) is 104 Å². The maximum absolute atomic E-state index is 5.08. The molecule has 0 spiro atoms. The van der Waals surface area contributed by atoms with E-state index in [0.29, 0.717) is 0 Å². The molecule has 5 aromatic heterocycles. The molecule has 2 nitrogen and oxygen atoms in total. The van der Waals surface area contributed by atoms with Crippen molar-refractivity contribution >= 4 is 34.0 Å². The lowest BCUT2D eigenvalue weighted by molar-refractivity contribution is 0.504. The largest absolute Gasteiger partial charge is 0.467 e. The van der Waals surface area contributed by atoms with Crippen LogP contribution in [0, 0.1) is 132 Å². The monoisotopic (exact) mass is 978 g/mol. The van der Waals surface area contributed by atoms with Crippen LogP contribution in [-0.2, 0) is 0 Å². The zero-order chi connectivity index (χ0) is 51.9. The van der Waals surface area contributed by atoms with Crippen LogP contribution in [0.4, 0.5) is 0 Å². The molecule has 5 heterocycles.